The minimum atomic E-state index is -0.485. The number of nitro groups is 1. The maximum Gasteiger partial charge on any atom is 0.314 e. The quantitative estimate of drug-likeness (QED) is 0.590. The second kappa shape index (κ2) is 8.24. The van der Waals surface area contributed by atoms with Crippen LogP contribution in [0.5, 0.6) is 11.5 Å². The molecule has 0 spiro atoms. The van der Waals surface area contributed by atoms with Crippen LogP contribution < -0.4 is 19.7 Å². The number of rotatable bonds is 7. The summed E-state index contributed by atoms with van der Waals surface area (Å²) in [5, 5.41) is 14.5. The number of nitrogens with zero attached hydrogens (tertiary/aromatic N) is 2. The molecule has 3 rings (SSSR count). The van der Waals surface area contributed by atoms with Gasteiger partial charge in [-0.15, -0.1) is 0 Å². The van der Waals surface area contributed by atoms with Gasteiger partial charge in [-0.1, -0.05) is 12.1 Å². The van der Waals surface area contributed by atoms with Crippen molar-refractivity contribution in [2.24, 2.45) is 0 Å². The van der Waals surface area contributed by atoms with Crippen molar-refractivity contribution in [2.75, 3.05) is 39.3 Å². The van der Waals surface area contributed by atoms with Crippen LogP contribution in [0.1, 0.15) is 11.8 Å². The third kappa shape index (κ3) is 4.47. The van der Waals surface area contributed by atoms with Crippen LogP contribution in [0.15, 0.2) is 42.5 Å². The first-order chi connectivity index (χ1) is 13.0. The molecule has 1 aliphatic rings. The van der Waals surface area contributed by atoms with E-state index >= 15 is 0 Å². The molecule has 0 unspecified atom stereocenters. The maximum absolute atomic E-state index is 11.2. The number of nitro benzene ring substituents is 1. The van der Waals surface area contributed by atoms with Gasteiger partial charge in [0.15, 0.2) is 5.75 Å². The van der Waals surface area contributed by atoms with Crippen molar-refractivity contribution in [3.63, 3.8) is 0 Å². The molecule has 0 aromatic heterocycles. The lowest BCUT2D eigenvalue weighted by Gasteiger charge is -2.16. The van der Waals surface area contributed by atoms with Crippen LogP contribution in [0.3, 0.4) is 0 Å². The number of ether oxygens (including phenoxy) is 3. The molecule has 1 saturated heterocycles. The topological polar surface area (TPSA) is 86.1 Å². The SMILES string of the molecule is COc1ccc(OC[C@@H]2CN[C@H](c3ccc(N(C)C)cc3)O2)c([N+](=O)[O-])c1. The summed E-state index contributed by atoms with van der Waals surface area (Å²) < 4.78 is 16.6. The van der Waals surface area contributed by atoms with E-state index in [1.54, 1.807) is 6.07 Å². The number of anilines is 1. The van der Waals surface area contributed by atoms with E-state index in [4.69, 9.17) is 14.2 Å². The van der Waals surface area contributed by atoms with E-state index in [2.05, 4.69) is 5.32 Å². The summed E-state index contributed by atoms with van der Waals surface area (Å²) in [7, 11) is 5.44. The molecule has 1 fully saturated rings. The van der Waals surface area contributed by atoms with Gasteiger partial charge in [-0.2, -0.15) is 0 Å². The summed E-state index contributed by atoms with van der Waals surface area (Å²) in [6.45, 7) is 0.816. The van der Waals surface area contributed by atoms with Gasteiger partial charge in [0.2, 0.25) is 0 Å². The second-order valence-electron chi connectivity index (χ2n) is 6.43. The predicted molar refractivity (Wildman–Crippen MR) is 102 cm³/mol. The molecule has 2 aromatic rings. The number of methoxy groups -OCH3 is 1. The standard InChI is InChI=1S/C19H23N3O5/c1-21(2)14-6-4-13(5-7-14)19-20-11-16(27-19)12-26-18-9-8-15(25-3)10-17(18)22(23)24/h4-10,16,19-20H,11-12H2,1-3H3/t16-,19-/m0/s1. The minimum absolute atomic E-state index is 0.129. The molecule has 1 N–H and O–H groups in total. The van der Waals surface area contributed by atoms with Gasteiger partial charge in [0.05, 0.1) is 18.1 Å². The fourth-order valence-corrected chi connectivity index (χ4v) is 2.84. The Morgan fingerprint density at radius 3 is 2.63 bits per heavy atom. The highest BCUT2D eigenvalue weighted by Gasteiger charge is 2.27. The van der Waals surface area contributed by atoms with E-state index in [0.717, 1.165) is 11.3 Å². The van der Waals surface area contributed by atoms with Crippen LogP contribution in [0.2, 0.25) is 0 Å². The van der Waals surface area contributed by atoms with Crippen molar-refractivity contribution in [1.82, 2.24) is 5.32 Å². The van der Waals surface area contributed by atoms with E-state index in [1.807, 2.05) is 43.3 Å². The molecule has 0 amide bonds. The zero-order valence-corrected chi connectivity index (χ0v) is 15.5. The van der Waals surface area contributed by atoms with Gasteiger partial charge in [0.25, 0.3) is 0 Å². The molecule has 0 saturated carbocycles. The van der Waals surface area contributed by atoms with Gasteiger partial charge in [-0.25, -0.2) is 0 Å². The van der Waals surface area contributed by atoms with Crippen molar-refractivity contribution >= 4 is 11.4 Å². The van der Waals surface area contributed by atoms with E-state index in [0.29, 0.717) is 12.3 Å². The van der Waals surface area contributed by atoms with Gasteiger partial charge in [-0.3, -0.25) is 15.4 Å². The first-order valence-corrected chi connectivity index (χ1v) is 8.59. The summed E-state index contributed by atoms with van der Waals surface area (Å²) in [5.74, 6) is 0.609. The van der Waals surface area contributed by atoms with E-state index < -0.39 is 4.92 Å². The molecular formula is C19H23N3O5. The molecule has 8 heteroatoms. The highest BCUT2D eigenvalue weighted by Crippen LogP contribution is 2.32. The minimum Gasteiger partial charge on any atom is -0.496 e. The van der Waals surface area contributed by atoms with Crippen LogP contribution in [0, 0.1) is 10.1 Å². The van der Waals surface area contributed by atoms with E-state index in [9.17, 15) is 10.1 Å². The number of hydrogen-bond acceptors (Lipinski definition) is 7. The first-order valence-electron chi connectivity index (χ1n) is 8.59. The Kier molecular flexibility index (Phi) is 5.78. The predicted octanol–water partition coefficient (Wildman–Crippen LogP) is 2.74. The fourth-order valence-electron chi connectivity index (χ4n) is 2.84. The van der Waals surface area contributed by atoms with Crippen LogP contribution in [-0.4, -0.2) is 45.4 Å². The summed E-state index contributed by atoms with van der Waals surface area (Å²) in [6.07, 6.45) is -0.425. The maximum atomic E-state index is 11.2. The third-order valence-corrected chi connectivity index (χ3v) is 4.36. The molecule has 2 aromatic carbocycles. The molecule has 0 radical (unpaired) electrons. The number of nitrogens with one attached hydrogen (secondary N) is 1. The fraction of sp³-hybridized carbons (Fsp3) is 0.368. The average Bonchev–Trinajstić information content (AvgIpc) is 3.15. The van der Waals surface area contributed by atoms with Gasteiger partial charge in [-0.05, 0) is 29.8 Å². The zero-order valence-electron chi connectivity index (χ0n) is 15.5. The normalized spacial score (nSPS) is 18.9. The highest BCUT2D eigenvalue weighted by molar-refractivity contribution is 5.51. The Balaban J connectivity index is 1.60. The van der Waals surface area contributed by atoms with Crippen molar-refractivity contribution in [2.45, 2.75) is 12.3 Å². The molecule has 0 bridgehead atoms. The molecule has 0 aliphatic carbocycles. The zero-order chi connectivity index (χ0) is 19.4. The second-order valence-corrected chi connectivity index (χ2v) is 6.43. The van der Waals surface area contributed by atoms with Gasteiger partial charge in [0.1, 0.15) is 24.7 Å². The lowest BCUT2D eigenvalue weighted by Crippen LogP contribution is -2.22. The number of hydrogen-bond donors (Lipinski definition) is 1. The van der Waals surface area contributed by atoms with Gasteiger partial charge < -0.3 is 19.1 Å². The Bertz CT molecular complexity index is 794. The monoisotopic (exact) mass is 373 g/mol. The Hall–Kier alpha value is -2.84. The molecular weight excluding hydrogens is 350 g/mol. The van der Waals surface area contributed by atoms with E-state index in [-0.39, 0.29) is 30.4 Å². The van der Waals surface area contributed by atoms with Crippen LogP contribution in [-0.2, 0) is 4.74 Å². The van der Waals surface area contributed by atoms with Crippen molar-refractivity contribution < 1.29 is 19.1 Å². The van der Waals surface area contributed by atoms with Crippen molar-refractivity contribution in [3.8, 4) is 11.5 Å². The summed E-state index contributed by atoms with van der Waals surface area (Å²) >= 11 is 0. The van der Waals surface area contributed by atoms with E-state index in [1.165, 1.54) is 19.2 Å². The Morgan fingerprint density at radius 1 is 1.26 bits per heavy atom. The van der Waals surface area contributed by atoms with Crippen LogP contribution >= 0.6 is 0 Å². The Morgan fingerprint density at radius 2 is 2.00 bits per heavy atom. The largest absolute Gasteiger partial charge is 0.496 e. The van der Waals surface area contributed by atoms with Gasteiger partial charge in [0, 0.05) is 26.3 Å². The van der Waals surface area contributed by atoms with Crippen molar-refractivity contribution in [1.29, 1.82) is 0 Å². The van der Waals surface area contributed by atoms with Crippen LogP contribution in [0.4, 0.5) is 11.4 Å². The molecule has 1 aliphatic heterocycles. The summed E-state index contributed by atoms with van der Waals surface area (Å²) in [4.78, 5) is 12.8. The molecule has 2 atom stereocenters. The summed E-state index contributed by atoms with van der Waals surface area (Å²) in [5.41, 5.74) is 2.01. The first kappa shape index (κ1) is 18.9. The van der Waals surface area contributed by atoms with Crippen LogP contribution in [0.25, 0.3) is 0 Å². The summed E-state index contributed by atoms with van der Waals surface area (Å²) in [6, 6.07) is 12.6. The van der Waals surface area contributed by atoms with Crippen molar-refractivity contribution in [3.05, 3.63) is 58.1 Å². The molecule has 144 valence electrons. The lowest BCUT2D eigenvalue weighted by molar-refractivity contribution is -0.386. The number of benzene rings is 2. The lowest BCUT2D eigenvalue weighted by atomic mass is 10.2. The van der Waals surface area contributed by atoms with Gasteiger partial charge >= 0.3 is 5.69 Å². The Labute approximate surface area is 157 Å². The smallest absolute Gasteiger partial charge is 0.314 e. The third-order valence-electron chi connectivity index (χ3n) is 4.36. The molecule has 1 heterocycles. The average molecular weight is 373 g/mol. The molecule has 8 nitrogen and oxygen atoms in total. The highest BCUT2D eigenvalue weighted by atomic mass is 16.6. The molecule has 27 heavy (non-hydrogen) atoms.